The minimum atomic E-state index is -0.168. The van der Waals surface area contributed by atoms with E-state index in [4.69, 9.17) is 14.2 Å². The van der Waals surface area contributed by atoms with Crippen molar-refractivity contribution in [2.24, 2.45) is 5.92 Å². The lowest BCUT2D eigenvalue weighted by Crippen LogP contribution is -2.35. The molecule has 0 fully saturated rings. The summed E-state index contributed by atoms with van der Waals surface area (Å²) in [4.78, 5) is 12.4. The van der Waals surface area contributed by atoms with Crippen molar-refractivity contribution in [2.45, 2.75) is 19.9 Å². The summed E-state index contributed by atoms with van der Waals surface area (Å²) in [6.45, 7) is 5.19. The predicted octanol–water partition coefficient (Wildman–Crippen LogP) is 4.11. The molecule has 0 saturated carbocycles. The Balaban J connectivity index is 1.65. The quantitative estimate of drug-likeness (QED) is 0.764. The Morgan fingerprint density at radius 1 is 1.15 bits per heavy atom. The first-order valence-electron chi connectivity index (χ1n) is 8.60. The highest BCUT2D eigenvalue weighted by atomic mass is 79.9. The topological polar surface area (TPSA) is 56.8 Å². The molecule has 0 radical (unpaired) electrons. The van der Waals surface area contributed by atoms with Crippen LogP contribution < -0.4 is 19.5 Å². The molecule has 0 aromatic heterocycles. The van der Waals surface area contributed by atoms with Gasteiger partial charge in [-0.15, -0.1) is 0 Å². The monoisotopic (exact) mass is 419 g/mol. The molecule has 0 bridgehead atoms. The second-order valence-electron chi connectivity index (χ2n) is 6.44. The van der Waals surface area contributed by atoms with E-state index >= 15 is 0 Å². The third kappa shape index (κ3) is 4.69. The summed E-state index contributed by atoms with van der Waals surface area (Å²) in [5.74, 6) is 2.16. The SMILES string of the molecule is CC(C)[C@@H](NC(=O)COc1cccc(Br)c1)c1ccc2c(c1)OCCO2. The van der Waals surface area contributed by atoms with Crippen molar-refractivity contribution >= 4 is 21.8 Å². The highest BCUT2D eigenvalue weighted by Crippen LogP contribution is 2.34. The van der Waals surface area contributed by atoms with E-state index in [1.54, 1.807) is 0 Å². The van der Waals surface area contributed by atoms with Gasteiger partial charge in [-0.2, -0.15) is 0 Å². The van der Waals surface area contributed by atoms with Crippen LogP contribution in [0.5, 0.6) is 17.2 Å². The smallest absolute Gasteiger partial charge is 0.258 e. The van der Waals surface area contributed by atoms with Crippen molar-refractivity contribution in [3.05, 3.63) is 52.5 Å². The fourth-order valence-electron chi connectivity index (χ4n) is 2.81. The second-order valence-corrected chi connectivity index (χ2v) is 7.35. The molecule has 26 heavy (non-hydrogen) atoms. The number of benzene rings is 2. The van der Waals surface area contributed by atoms with Crippen molar-refractivity contribution in [3.63, 3.8) is 0 Å². The maximum atomic E-state index is 12.4. The van der Waals surface area contributed by atoms with E-state index in [-0.39, 0.29) is 24.5 Å². The molecule has 1 amide bonds. The molecule has 1 atom stereocenters. The van der Waals surface area contributed by atoms with Gasteiger partial charge in [0.15, 0.2) is 18.1 Å². The molecule has 0 saturated heterocycles. The van der Waals surface area contributed by atoms with Gasteiger partial charge in [-0.3, -0.25) is 4.79 Å². The Kier molecular flexibility index (Phi) is 6.04. The number of hydrogen-bond donors (Lipinski definition) is 1. The third-order valence-electron chi connectivity index (χ3n) is 4.07. The molecule has 5 nitrogen and oxygen atoms in total. The molecule has 0 aliphatic carbocycles. The van der Waals surface area contributed by atoms with Crippen LogP contribution >= 0.6 is 15.9 Å². The van der Waals surface area contributed by atoms with Crippen LogP contribution in [0.25, 0.3) is 0 Å². The van der Waals surface area contributed by atoms with Gasteiger partial charge < -0.3 is 19.5 Å². The van der Waals surface area contributed by atoms with Gasteiger partial charge in [0, 0.05) is 4.47 Å². The highest BCUT2D eigenvalue weighted by molar-refractivity contribution is 9.10. The number of nitrogens with one attached hydrogen (secondary N) is 1. The first-order valence-corrected chi connectivity index (χ1v) is 9.39. The van der Waals surface area contributed by atoms with E-state index in [1.165, 1.54) is 0 Å². The molecule has 2 aromatic rings. The molecule has 0 spiro atoms. The van der Waals surface area contributed by atoms with Crippen LogP contribution in [0.15, 0.2) is 46.9 Å². The van der Waals surface area contributed by atoms with Crippen LogP contribution in [0, 0.1) is 5.92 Å². The minimum absolute atomic E-state index is 0.0375. The molecule has 138 valence electrons. The first-order chi connectivity index (χ1) is 12.5. The van der Waals surface area contributed by atoms with Crippen molar-refractivity contribution in [1.29, 1.82) is 0 Å². The Labute approximate surface area is 161 Å². The number of fused-ring (bicyclic) bond motifs is 1. The molecule has 0 unspecified atom stereocenters. The standard InChI is InChI=1S/C20H22BrNO4/c1-13(2)20(14-6-7-17-18(10-14)25-9-8-24-17)22-19(23)12-26-16-5-3-4-15(21)11-16/h3-7,10-11,13,20H,8-9,12H2,1-2H3,(H,22,23)/t20-/m1/s1. The Hall–Kier alpha value is -2.21. The number of rotatable bonds is 6. The zero-order valence-electron chi connectivity index (χ0n) is 14.8. The van der Waals surface area contributed by atoms with Gasteiger partial charge in [0.05, 0.1) is 6.04 Å². The number of halogens is 1. The lowest BCUT2D eigenvalue weighted by molar-refractivity contribution is -0.124. The average Bonchev–Trinajstić information content (AvgIpc) is 2.64. The summed E-state index contributed by atoms with van der Waals surface area (Å²) in [7, 11) is 0. The lowest BCUT2D eigenvalue weighted by Gasteiger charge is -2.25. The summed E-state index contributed by atoms with van der Waals surface area (Å²) in [5, 5.41) is 3.05. The van der Waals surface area contributed by atoms with E-state index in [2.05, 4.69) is 35.1 Å². The fraction of sp³-hybridized carbons (Fsp3) is 0.350. The third-order valence-corrected chi connectivity index (χ3v) is 4.57. The molecule has 1 aliphatic heterocycles. The molecule has 1 heterocycles. The van der Waals surface area contributed by atoms with Gasteiger partial charge in [0.1, 0.15) is 19.0 Å². The van der Waals surface area contributed by atoms with Gasteiger partial charge in [0.25, 0.3) is 5.91 Å². The van der Waals surface area contributed by atoms with E-state index in [0.717, 1.165) is 21.5 Å². The Bertz CT molecular complexity index is 778. The second kappa shape index (κ2) is 8.45. The van der Waals surface area contributed by atoms with Gasteiger partial charge in [-0.25, -0.2) is 0 Å². The van der Waals surface area contributed by atoms with Crippen molar-refractivity contribution in [3.8, 4) is 17.2 Å². The van der Waals surface area contributed by atoms with E-state index in [0.29, 0.717) is 19.0 Å². The van der Waals surface area contributed by atoms with Crippen LogP contribution in [0.4, 0.5) is 0 Å². The van der Waals surface area contributed by atoms with Gasteiger partial charge >= 0.3 is 0 Å². The van der Waals surface area contributed by atoms with Crippen LogP contribution in [0.3, 0.4) is 0 Å². The van der Waals surface area contributed by atoms with E-state index in [9.17, 15) is 4.79 Å². The summed E-state index contributed by atoms with van der Waals surface area (Å²) in [6.07, 6.45) is 0. The van der Waals surface area contributed by atoms with Crippen LogP contribution in [-0.4, -0.2) is 25.7 Å². The Morgan fingerprint density at radius 3 is 2.65 bits per heavy atom. The summed E-state index contributed by atoms with van der Waals surface area (Å²) in [6, 6.07) is 13.1. The van der Waals surface area contributed by atoms with Gasteiger partial charge in [-0.05, 0) is 41.8 Å². The van der Waals surface area contributed by atoms with Crippen molar-refractivity contribution in [1.82, 2.24) is 5.32 Å². The molecular weight excluding hydrogens is 398 g/mol. The number of amides is 1. The molecule has 1 N–H and O–H groups in total. The number of hydrogen-bond acceptors (Lipinski definition) is 4. The molecular formula is C20H22BrNO4. The normalized spacial score (nSPS) is 14.0. The number of carbonyl (C=O) groups excluding carboxylic acids is 1. The van der Waals surface area contributed by atoms with Crippen LogP contribution in [0.1, 0.15) is 25.5 Å². The highest BCUT2D eigenvalue weighted by Gasteiger charge is 2.21. The maximum absolute atomic E-state index is 12.4. The summed E-state index contributed by atoms with van der Waals surface area (Å²) in [5.41, 5.74) is 0.986. The first kappa shape index (κ1) is 18.6. The zero-order valence-corrected chi connectivity index (χ0v) is 16.4. The zero-order chi connectivity index (χ0) is 18.5. The van der Waals surface area contributed by atoms with Crippen molar-refractivity contribution in [2.75, 3.05) is 19.8 Å². The molecule has 1 aliphatic rings. The summed E-state index contributed by atoms with van der Waals surface area (Å²) < 4.78 is 17.7. The molecule has 6 heteroatoms. The minimum Gasteiger partial charge on any atom is -0.486 e. The van der Waals surface area contributed by atoms with Crippen LogP contribution in [-0.2, 0) is 4.79 Å². The molecule has 2 aromatic carbocycles. The number of carbonyl (C=O) groups is 1. The lowest BCUT2D eigenvalue weighted by atomic mass is 9.95. The van der Waals surface area contributed by atoms with Gasteiger partial charge in [0.2, 0.25) is 0 Å². The van der Waals surface area contributed by atoms with Gasteiger partial charge in [-0.1, -0.05) is 41.9 Å². The predicted molar refractivity (Wildman–Crippen MR) is 103 cm³/mol. The maximum Gasteiger partial charge on any atom is 0.258 e. The van der Waals surface area contributed by atoms with E-state index < -0.39 is 0 Å². The van der Waals surface area contributed by atoms with Crippen molar-refractivity contribution < 1.29 is 19.0 Å². The van der Waals surface area contributed by atoms with Crippen LogP contribution in [0.2, 0.25) is 0 Å². The molecule has 3 rings (SSSR count). The van der Waals surface area contributed by atoms with E-state index in [1.807, 2.05) is 42.5 Å². The largest absolute Gasteiger partial charge is 0.486 e. The Morgan fingerprint density at radius 2 is 1.92 bits per heavy atom. The average molecular weight is 420 g/mol. The number of ether oxygens (including phenoxy) is 3. The summed E-state index contributed by atoms with van der Waals surface area (Å²) >= 11 is 3.39. The fourth-order valence-corrected chi connectivity index (χ4v) is 3.19.